The number of esters is 1. The molecule has 0 heterocycles. The van der Waals surface area contributed by atoms with Gasteiger partial charge in [0.2, 0.25) is 0 Å². The lowest BCUT2D eigenvalue weighted by atomic mass is 9.92. The Labute approximate surface area is 141 Å². The third-order valence-electron chi connectivity index (χ3n) is 4.53. The summed E-state index contributed by atoms with van der Waals surface area (Å²) in [6, 6.07) is 0. The normalized spacial score (nSPS) is 16.5. The van der Waals surface area contributed by atoms with Crippen LogP contribution in [0.2, 0.25) is 0 Å². The number of methoxy groups -OCH3 is 1. The van der Waals surface area contributed by atoms with Gasteiger partial charge >= 0.3 is 5.97 Å². The molecule has 0 spiro atoms. The largest absolute Gasteiger partial charge is 0.466 e. The predicted octanol–water partition coefficient (Wildman–Crippen LogP) is 5.78. The van der Waals surface area contributed by atoms with Crippen molar-refractivity contribution in [3.8, 4) is 0 Å². The average molecular weight is 327 g/mol. The first-order valence-corrected chi connectivity index (χ1v) is 9.61. The summed E-state index contributed by atoms with van der Waals surface area (Å²) in [6.07, 6.45) is 15.4. The van der Waals surface area contributed by atoms with Gasteiger partial charge in [-0.2, -0.15) is 11.8 Å². The molecule has 128 valence electrons. The Morgan fingerprint density at radius 2 is 2.05 bits per heavy atom. The molecule has 2 unspecified atom stereocenters. The van der Waals surface area contributed by atoms with Crippen molar-refractivity contribution in [3.05, 3.63) is 23.8 Å². The first kappa shape index (κ1) is 21.3. The van der Waals surface area contributed by atoms with E-state index in [-0.39, 0.29) is 5.97 Å². The van der Waals surface area contributed by atoms with E-state index in [2.05, 4.69) is 37.8 Å². The molecular formula is C19H34O2S. The van der Waals surface area contributed by atoms with Crippen molar-refractivity contribution in [2.75, 3.05) is 13.4 Å². The van der Waals surface area contributed by atoms with E-state index in [4.69, 9.17) is 0 Å². The topological polar surface area (TPSA) is 26.3 Å². The minimum atomic E-state index is -0.287. The van der Waals surface area contributed by atoms with E-state index in [1.54, 1.807) is 0 Å². The van der Waals surface area contributed by atoms with Gasteiger partial charge in [-0.1, -0.05) is 52.2 Å². The van der Waals surface area contributed by atoms with Crippen LogP contribution in [0.15, 0.2) is 23.8 Å². The van der Waals surface area contributed by atoms with Gasteiger partial charge in [0.1, 0.15) is 0 Å². The summed E-state index contributed by atoms with van der Waals surface area (Å²) in [6.45, 7) is 8.86. The average Bonchev–Trinajstić information content (AvgIpc) is 2.52. The Bertz CT molecular complexity index is 368. The Hall–Kier alpha value is -0.700. The summed E-state index contributed by atoms with van der Waals surface area (Å²) in [7, 11) is 1.40. The highest BCUT2D eigenvalue weighted by atomic mass is 32.2. The molecule has 0 aliphatic carbocycles. The van der Waals surface area contributed by atoms with Gasteiger partial charge in [0.05, 0.1) is 7.11 Å². The highest BCUT2D eigenvalue weighted by molar-refractivity contribution is 7.99. The molecule has 0 rings (SSSR count). The minimum Gasteiger partial charge on any atom is -0.466 e. The smallest absolute Gasteiger partial charge is 0.330 e. The van der Waals surface area contributed by atoms with Gasteiger partial charge in [-0.15, -0.1) is 0 Å². The lowest BCUT2D eigenvalue weighted by Crippen LogP contribution is -2.18. The van der Waals surface area contributed by atoms with E-state index in [1.165, 1.54) is 45.3 Å². The van der Waals surface area contributed by atoms with Crippen LogP contribution in [0.3, 0.4) is 0 Å². The summed E-state index contributed by atoms with van der Waals surface area (Å²) >= 11 is 2.00. The van der Waals surface area contributed by atoms with Crippen LogP contribution in [0, 0.1) is 5.92 Å². The summed E-state index contributed by atoms with van der Waals surface area (Å²) in [5.41, 5.74) is 0.947. The van der Waals surface area contributed by atoms with Crippen LogP contribution >= 0.6 is 11.8 Å². The lowest BCUT2D eigenvalue weighted by Gasteiger charge is -2.26. The highest BCUT2D eigenvalue weighted by Gasteiger charge is 2.20. The Morgan fingerprint density at radius 1 is 1.36 bits per heavy atom. The molecule has 0 amide bonds. The molecule has 0 fully saturated rings. The van der Waals surface area contributed by atoms with Gasteiger partial charge in [0.25, 0.3) is 0 Å². The second-order valence-corrected chi connectivity index (χ2v) is 7.62. The quantitative estimate of drug-likeness (QED) is 0.273. The van der Waals surface area contributed by atoms with Crippen molar-refractivity contribution in [2.45, 2.75) is 71.0 Å². The molecule has 0 radical (unpaired) electrons. The molecule has 2 atom stereocenters. The summed E-state index contributed by atoms with van der Waals surface area (Å²) in [4.78, 5) is 11.1. The maximum absolute atomic E-state index is 11.1. The zero-order chi connectivity index (χ0) is 17.0. The van der Waals surface area contributed by atoms with Crippen molar-refractivity contribution in [1.82, 2.24) is 0 Å². The number of rotatable bonds is 11. The molecule has 3 heteroatoms. The molecule has 0 aliphatic heterocycles. The Morgan fingerprint density at radius 3 is 2.55 bits per heavy atom. The van der Waals surface area contributed by atoms with E-state index in [1.807, 2.05) is 24.8 Å². The number of carbonyl (C=O) groups excluding carboxylic acids is 1. The standard InChI is InChI=1S/C19H34O2S/c1-7-17(13-10-14-19(4,8-2)22-6)12-9-11-16(3)15-18(20)21-5/h9,11,15,17H,7-8,10,12-14H2,1-6H3/b11-9+,16-15+. The number of thioether (sulfide) groups is 1. The fraction of sp³-hybridized carbons (Fsp3) is 0.737. The lowest BCUT2D eigenvalue weighted by molar-refractivity contribution is -0.134. The third kappa shape index (κ3) is 9.34. The monoisotopic (exact) mass is 326 g/mol. The van der Waals surface area contributed by atoms with E-state index in [0.717, 1.165) is 17.9 Å². The number of carbonyl (C=O) groups is 1. The van der Waals surface area contributed by atoms with Crippen LogP contribution in [0.1, 0.15) is 66.2 Å². The Balaban J connectivity index is 4.22. The van der Waals surface area contributed by atoms with Crippen LogP contribution in [0.4, 0.5) is 0 Å². The number of allylic oxidation sites excluding steroid dienone is 3. The first-order chi connectivity index (χ1) is 10.4. The van der Waals surface area contributed by atoms with Crippen molar-refractivity contribution in [2.24, 2.45) is 5.92 Å². The Kier molecular flexibility index (Phi) is 11.4. The number of hydrogen-bond donors (Lipinski definition) is 0. The van der Waals surface area contributed by atoms with Crippen LogP contribution in [0.5, 0.6) is 0 Å². The molecule has 0 saturated heterocycles. The minimum absolute atomic E-state index is 0.287. The molecule has 0 aromatic rings. The molecule has 0 saturated carbocycles. The summed E-state index contributed by atoms with van der Waals surface area (Å²) < 4.78 is 5.06. The highest BCUT2D eigenvalue weighted by Crippen LogP contribution is 2.32. The summed E-state index contributed by atoms with van der Waals surface area (Å²) in [5, 5.41) is 0. The van der Waals surface area contributed by atoms with Gasteiger partial charge in [0.15, 0.2) is 0 Å². The fourth-order valence-electron chi connectivity index (χ4n) is 2.42. The van der Waals surface area contributed by atoms with Crippen molar-refractivity contribution < 1.29 is 9.53 Å². The van der Waals surface area contributed by atoms with Crippen molar-refractivity contribution >= 4 is 17.7 Å². The van der Waals surface area contributed by atoms with Crippen molar-refractivity contribution in [1.29, 1.82) is 0 Å². The predicted molar refractivity (Wildman–Crippen MR) is 99.4 cm³/mol. The SMILES string of the molecule is CCC(C/C=C/C(C)=C/C(=O)OC)CCCC(C)(CC)SC. The second kappa shape index (κ2) is 11.8. The molecule has 0 bridgehead atoms. The first-order valence-electron chi connectivity index (χ1n) is 8.38. The maximum Gasteiger partial charge on any atom is 0.330 e. The van der Waals surface area contributed by atoms with Gasteiger partial charge in [-0.3, -0.25) is 0 Å². The molecule has 0 aromatic carbocycles. The van der Waals surface area contributed by atoms with E-state index in [0.29, 0.717) is 4.75 Å². The van der Waals surface area contributed by atoms with Gasteiger partial charge < -0.3 is 4.74 Å². The molecule has 0 aromatic heterocycles. The van der Waals surface area contributed by atoms with E-state index in [9.17, 15) is 4.79 Å². The zero-order valence-corrected chi connectivity index (χ0v) is 16.1. The fourth-order valence-corrected chi connectivity index (χ4v) is 3.05. The van der Waals surface area contributed by atoms with Gasteiger partial charge in [-0.05, 0) is 43.9 Å². The van der Waals surface area contributed by atoms with E-state index < -0.39 is 0 Å². The zero-order valence-electron chi connectivity index (χ0n) is 15.3. The number of ether oxygens (including phenoxy) is 1. The van der Waals surface area contributed by atoms with Gasteiger partial charge in [-0.25, -0.2) is 4.79 Å². The van der Waals surface area contributed by atoms with Crippen molar-refractivity contribution in [3.63, 3.8) is 0 Å². The maximum atomic E-state index is 11.1. The molecular weight excluding hydrogens is 292 g/mol. The van der Waals surface area contributed by atoms with Gasteiger partial charge in [0, 0.05) is 10.8 Å². The molecule has 22 heavy (non-hydrogen) atoms. The van der Waals surface area contributed by atoms with Crippen LogP contribution < -0.4 is 0 Å². The second-order valence-electron chi connectivity index (χ2n) is 6.22. The van der Waals surface area contributed by atoms with Crippen LogP contribution in [0.25, 0.3) is 0 Å². The number of hydrogen-bond acceptors (Lipinski definition) is 3. The van der Waals surface area contributed by atoms with Crippen LogP contribution in [-0.4, -0.2) is 24.1 Å². The van der Waals surface area contributed by atoms with Crippen LogP contribution in [-0.2, 0) is 9.53 Å². The van der Waals surface area contributed by atoms with E-state index >= 15 is 0 Å². The molecule has 2 nitrogen and oxygen atoms in total. The third-order valence-corrected chi connectivity index (χ3v) is 6.01. The molecule has 0 N–H and O–H groups in total. The summed E-state index contributed by atoms with van der Waals surface area (Å²) in [5.74, 6) is 0.454. The molecule has 0 aliphatic rings.